The SMILES string of the molecule is Cc1sc(-c2ccc(Cl)cc2)nc1-c1ccccc1. The fourth-order valence-corrected chi connectivity index (χ4v) is 3.04. The lowest BCUT2D eigenvalue weighted by atomic mass is 10.1. The second-order valence-electron chi connectivity index (χ2n) is 4.30. The van der Waals surface area contributed by atoms with Crippen LogP contribution in [0.3, 0.4) is 0 Å². The van der Waals surface area contributed by atoms with Crippen LogP contribution in [0, 0.1) is 6.92 Å². The van der Waals surface area contributed by atoms with Gasteiger partial charge in [-0.1, -0.05) is 54.1 Å². The standard InChI is InChI=1S/C16H12ClNS/c1-11-15(12-5-3-2-4-6-12)18-16(19-11)13-7-9-14(17)10-8-13/h2-10H,1H3. The Morgan fingerprint density at radius 2 is 1.58 bits per heavy atom. The second kappa shape index (κ2) is 5.16. The van der Waals surface area contributed by atoms with Crippen LogP contribution in [-0.4, -0.2) is 4.98 Å². The van der Waals surface area contributed by atoms with Gasteiger partial charge in [-0.15, -0.1) is 11.3 Å². The van der Waals surface area contributed by atoms with Crippen LogP contribution < -0.4 is 0 Å². The minimum Gasteiger partial charge on any atom is -0.236 e. The second-order valence-corrected chi connectivity index (χ2v) is 5.94. The Morgan fingerprint density at radius 3 is 2.26 bits per heavy atom. The number of hydrogen-bond acceptors (Lipinski definition) is 2. The maximum Gasteiger partial charge on any atom is 0.124 e. The molecule has 0 fully saturated rings. The van der Waals surface area contributed by atoms with Gasteiger partial charge in [0, 0.05) is 21.0 Å². The van der Waals surface area contributed by atoms with Gasteiger partial charge in [-0.2, -0.15) is 0 Å². The molecule has 3 heteroatoms. The zero-order valence-electron chi connectivity index (χ0n) is 10.4. The Labute approximate surface area is 121 Å². The molecule has 0 radical (unpaired) electrons. The van der Waals surface area contributed by atoms with Gasteiger partial charge in [-0.05, 0) is 19.1 Å². The molecule has 0 N–H and O–H groups in total. The summed E-state index contributed by atoms with van der Waals surface area (Å²) in [5, 5.41) is 1.79. The predicted octanol–water partition coefficient (Wildman–Crippen LogP) is 5.44. The van der Waals surface area contributed by atoms with E-state index in [-0.39, 0.29) is 0 Å². The van der Waals surface area contributed by atoms with Crippen LogP contribution in [0.5, 0.6) is 0 Å². The maximum absolute atomic E-state index is 5.91. The average molecular weight is 286 g/mol. The number of aryl methyl sites for hydroxylation is 1. The number of aromatic nitrogens is 1. The van der Waals surface area contributed by atoms with E-state index in [2.05, 4.69) is 19.1 Å². The molecule has 0 bridgehead atoms. The van der Waals surface area contributed by atoms with Gasteiger partial charge in [0.2, 0.25) is 0 Å². The van der Waals surface area contributed by atoms with Crippen LogP contribution in [0.15, 0.2) is 54.6 Å². The van der Waals surface area contributed by atoms with E-state index >= 15 is 0 Å². The molecule has 0 aliphatic rings. The minimum atomic E-state index is 0.750. The summed E-state index contributed by atoms with van der Waals surface area (Å²) < 4.78 is 0. The molecule has 3 aromatic rings. The van der Waals surface area contributed by atoms with Crippen molar-refractivity contribution in [3.8, 4) is 21.8 Å². The van der Waals surface area contributed by atoms with E-state index in [0.29, 0.717) is 0 Å². The van der Waals surface area contributed by atoms with Gasteiger partial charge in [0.15, 0.2) is 0 Å². The number of thiazole rings is 1. The molecular formula is C16H12ClNS. The van der Waals surface area contributed by atoms with Crippen molar-refractivity contribution in [1.29, 1.82) is 0 Å². The molecule has 0 unspecified atom stereocenters. The molecule has 19 heavy (non-hydrogen) atoms. The highest BCUT2D eigenvalue weighted by Crippen LogP contribution is 2.33. The van der Waals surface area contributed by atoms with Crippen molar-refractivity contribution in [1.82, 2.24) is 4.98 Å². The summed E-state index contributed by atoms with van der Waals surface area (Å²) in [7, 11) is 0. The highest BCUT2D eigenvalue weighted by atomic mass is 35.5. The molecule has 2 aromatic carbocycles. The van der Waals surface area contributed by atoms with E-state index in [1.54, 1.807) is 11.3 Å². The molecule has 3 rings (SSSR count). The summed E-state index contributed by atoms with van der Waals surface area (Å²) >= 11 is 7.63. The lowest BCUT2D eigenvalue weighted by Crippen LogP contribution is -1.80. The third kappa shape index (κ3) is 2.55. The van der Waals surface area contributed by atoms with Crippen LogP contribution in [0.25, 0.3) is 21.8 Å². The number of halogens is 1. The zero-order chi connectivity index (χ0) is 13.2. The van der Waals surface area contributed by atoms with Gasteiger partial charge in [-0.25, -0.2) is 4.98 Å². The lowest BCUT2D eigenvalue weighted by molar-refractivity contribution is 1.37. The summed E-state index contributed by atoms with van der Waals surface area (Å²) in [6, 6.07) is 18.1. The average Bonchev–Trinajstić information content (AvgIpc) is 2.83. The molecule has 0 aliphatic carbocycles. The van der Waals surface area contributed by atoms with Crippen molar-refractivity contribution in [3.63, 3.8) is 0 Å². The van der Waals surface area contributed by atoms with Crippen molar-refractivity contribution < 1.29 is 0 Å². The summed E-state index contributed by atoms with van der Waals surface area (Å²) in [4.78, 5) is 5.99. The Hall–Kier alpha value is -1.64. The Morgan fingerprint density at radius 1 is 0.895 bits per heavy atom. The van der Waals surface area contributed by atoms with Crippen LogP contribution in [0.1, 0.15) is 4.88 Å². The summed E-state index contributed by atoms with van der Waals surface area (Å²) in [6.07, 6.45) is 0. The quantitative estimate of drug-likeness (QED) is 0.611. The maximum atomic E-state index is 5.91. The van der Waals surface area contributed by atoms with Crippen molar-refractivity contribution in [3.05, 3.63) is 64.5 Å². The van der Waals surface area contributed by atoms with Gasteiger partial charge < -0.3 is 0 Å². The minimum absolute atomic E-state index is 0.750. The normalized spacial score (nSPS) is 10.6. The Bertz CT molecular complexity index is 687. The number of rotatable bonds is 2. The number of hydrogen-bond donors (Lipinski definition) is 0. The van der Waals surface area contributed by atoms with E-state index in [1.165, 1.54) is 4.88 Å². The molecule has 0 atom stereocenters. The lowest BCUT2D eigenvalue weighted by Gasteiger charge is -1.97. The van der Waals surface area contributed by atoms with Crippen molar-refractivity contribution in [2.75, 3.05) is 0 Å². The topological polar surface area (TPSA) is 12.9 Å². The molecular weight excluding hydrogens is 274 g/mol. The van der Waals surface area contributed by atoms with E-state index in [4.69, 9.17) is 16.6 Å². The van der Waals surface area contributed by atoms with Crippen LogP contribution >= 0.6 is 22.9 Å². The highest BCUT2D eigenvalue weighted by molar-refractivity contribution is 7.15. The van der Waals surface area contributed by atoms with E-state index in [1.807, 2.05) is 42.5 Å². The molecule has 94 valence electrons. The third-order valence-electron chi connectivity index (χ3n) is 2.93. The molecule has 0 spiro atoms. The molecule has 0 saturated heterocycles. The van der Waals surface area contributed by atoms with Crippen molar-refractivity contribution in [2.24, 2.45) is 0 Å². The van der Waals surface area contributed by atoms with Crippen LogP contribution in [0.2, 0.25) is 5.02 Å². The highest BCUT2D eigenvalue weighted by Gasteiger charge is 2.10. The molecule has 1 heterocycles. The largest absolute Gasteiger partial charge is 0.236 e. The first-order chi connectivity index (χ1) is 9.24. The van der Waals surface area contributed by atoms with Gasteiger partial charge in [-0.3, -0.25) is 0 Å². The Kier molecular flexibility index (Phi) is 3.36. The Balaban J connectivity index is 2.04. The first-order valence-corrected chi connectivity index (χ1v) is 7.22. The summed E-state index contributed by atoms with van der Waals surface area (Å²) in [5.74, 6) is 0. The van der Waals surface area contributed by atoms with Gasteiger partial charge in [0.1, 0.15) is 5.01 Å². The van der Waals surface area contributed by atoms with E-state index in [0.717, 1.165) is 26.9 Å². The van der Waals surface area contributed by atoms with Crippen molar-refractivity contribution in [2.45, 2.75) is 6.92 Å². The van der Waals surface area contributed by atoms with Gasteiger partial charge in [0.25, 0.3) is 0 Å². The summed E-state index contributed by atoms with van der Waals surface area (Å²) in [5.41, 5.74) is 3.34. The third-order valence-corrected chi connectivity index (χ3v) is 4.21. The first kappa shape index (κ1) is 12.4. The van der Waals surface area contributed by atoms with E-state index < -0.39 is 0 Å². The van der Waals surface area contributed by atoms with Crippen molar-refractivity contribution >= 4 is 22.9 Å². The van der Waals surface area contributed by atoms with Crippen LogP contribution in [0.4, 0.5) is 0 Å². The number of benzene rings is 2. The molecule has 1 nitrogen and oxygen atoms in total. The predicted molar refractivity (Wildman–Crippen MR) is 82.7 cm³/mol. The monoisotopic (exact) mass is 285 g/mol. The molecule has 0 aliphatic heterocycles. The molecule has 0 saturated carbocycles. The molecule has 1 aromatic heterocycles. The summed E-state index contributed by atoms with van der Waals surface area (Å²) in [6.45, 7) is 2.11. The molecule has 0 amide bonds. The van der Waals surface area contributed by atoms with Crippen LogP contribution in [-0.2, 0) is 0 Å². The fraction of sp³-hybridized carbons (Fsp3) is 0.0625. The smallest absolute Gasteiger partial charge is 0.124 e. The first-order valence-electron chi connectivity index (χ1n) is 6.03. The van der Waals surface area contributed by atoms with Gasteiger partial charge >= 0.3 is 0 Å². The number of nitrogens with zero attached hydrogens (tertiary/aromatic N) is 1. The fourth-order valence-electron chi connectivity index (χ4n) is 1.98. The van der Waals surface area contributed by atoms with E-state index in [9.17, 15) is 0 Å². The van der Waals surface area contributed by atoms with Gasteiger partial charge in [0.05, 0.1) is 5.69 Å². The zero-order valence-corrected chi connectivity index (χ0v) is 12.0.